The van der Waals surface area contributed by atoms with E-state index in [9.17, 15) is 13.2 Å². The quantitative estimate of drug-likeness (QED) is 0.478. The van der Waals surface area contributed by atoms with Crippen molar-refractivity contribution < 1.29 is 32.5 Å². The number of benzene rings is 2. The van der Waals surface area contributed by atoms with Crippen LogP contribution in [0.3, 0.4) is 0 Å². The number of carboxylic acids is 1. The summed E-state index contributed by atoms with van der Waals surface area (Å²) in [6.45, 7) is 6.37. The predicted molar refractivity (Wildman–Crippen MR) is 101 cm³/mol. The van der Waals surface area contributed by atoms with Gasteiger partial charge in [-0.2, -0.15) is 13.2 Å². The average Bonchev–Trinajstić information content (AvgIpc) is 2.98. The Bertz CT molecular complexity index is 1210. The van der Waals surface area contributed by atoms with Crippen LogP contribution >= 0.6 is 0 Å². The standard InChI is InChI=1S/C20H17NO.C2HF3O2/c1-12-8-9-19-16(10-12)14(3)20(22-19)18-11-13(2)15-6-4-5-7-17(15)21-18;3-2(4,5)1(6)7/h4-11H,1-3H3;(H,6,7). The van der Waals surface area contributed by atoms with Crippen LogP contribution in [-0.4, -0.2) is 12.1 Å². The number of para-hydroxylation sites is 1. The molecule has 2 aromatic carbocycles. The SMILES string of the molecule is Cc1ccc2oc(-c3cc(C)c4ccccc4[nH+]3)c(C)c2c1.O=C([O-])C(F)(F)F. The van der Waals surface area contributed by atoms with Crippen LogP contribution < -0.4 is 10.1 Å². The maximum absolute atomic E-state index is 10.5. The molecule has 0 aliphatic carbocycles. The molecule has 29 heavy (non-hydrogen) atoms. The van der Waals surface area contributed by atoms with Crippen LogP contribution in [0.25, 0.3) is 33.3 Å². The van der Waals surface area contributed by atoms with Crippen molar-refractivity contribution in [1.82, 2.24) is 0 Å². The number of H-pyrrole nitrogens is 1. The fourth-order valence-corrected chi connectivity index (χ4v) is 3.13. The van der Waals surface area contributed by atoms with Crippen molar-refractivity contribution >= 4 is 27.8 Å². The first-order valence-corrected chi connectivity index (χ1v) is 8.78. The summed E-state index contributed by atoms with van der Waals surface area (Å²) in [4.78, 5) is 12.3. The highest BCUT2D eigenvalue weighted by molar-refractivity contribution is 5.88. The van der Waals surface area contributed by atoms with Gasteiger partial charge in [-0.25, -0.2) is 4.98 Å². The molecule has 4 aromatic rings. The lowest BCUT2D eigenvalue weighted by Crippen LogP contribution is -2.37. The molecule has 0 fully saturated rings. The molecular weight excluding hydrogens is 383 g/mol. The van der Waals surface area contributed by atoms with E-state index in [2.05, 4.69) is 74.3 Å². The van der Waals surface area contributed by atoms with Gasteiger partial charge in [0.25, 0.3) is 0 Å². The van der Waals surface area contributed by atoms with Gasteiger partial charge in [0.05, 0.1) is 0 Å². The molecule has 4 rings (SSSR count). The minimum absolute atomic E-state index is 0.925. The first-order chi connectivity index (χ1) is 13.6. The predicted octanol–water partition coefficient (Wildman–Crippen LogP) is 4.29. The Morgan fingerprint density at radius 1 is 1.00 bits per heavy atom. The Labute approximate surface area is 164 Å². The van der Waals surface area contributed by atoms with E-state index in [1.807, 2.05) is 0 Å². The van der Waals surface area contributed by atoms with E-state index < -0.39 is 12.1 Å². The van der Waals surface area contributed by atoms with Crippen molar-refractivity contribution in [3.05, 3.63) is 65.2 Å². The lowest BCUT2D eigenvalue weighted by atomic mass is 10.1. The lowest BCUT2D eigenvalue weighted by Gasteiger charge is -2.03. The van der Waals surface area contributed by atoms with Crippen molar-refractivity contribution in [2.75, 3.05) is 0 Å². The second-order valence-electron chi connectivity index (χ2n) is 6.75. The van der Waals surface area contributed by atoms with Gasteiger partial charge in [0.15, 0.2) is 0 Å². The lowest BCUT2D eigenvalue weighted by molar-refractivity contribution is -0.344. The molecule has 2 heterocycles. The number of aryl methyl sites for hydroxylation is 3. The van der Waals surface area contributed by atoms with Crippen LogP contribution in [0.1, 0.15) is 16.7 Å². The highest BCUT2D eigenvalue weighted by Crippen LogP contribution is 2.32. The molecule has 1 N–H and O–H groups in total. The molecule has 150 valence electrons. The minimum atomic E-state index is -5.19. The first-order valence-electron chi connectivity index (χ1n) is 8.78. The third-order valence-corrected chi connectivity index (χ3v) is 4.55. The molecule has 0 bridgehead atoms. The number of furan rings is 1. The molecule has 0 radical (unpaired) electrons. The fourth-order valence-electron chi connectivity index (χ4n) is 3.13. The number of alkyl halides is 3. The Kier molecular flexibility index (Phi) is 5.33. The van der Waals surface area contributed by atoms with Crippen molar-refractivity contribution in [2.45, 2.75) is 26.9 Å². The monoisotopic (exact) mass is 401 g/mol. The molecule has 0 aliphatic rings. The van der Waals surface area contributed by atoms with E-state index in [1.165, 1.54) is 27.5 Å². The molecule has 7 heteroatoms. The zero-order valence-electron chi connectivity index (χ0n) is 16.0. The number of hydrogen-bond acceptors (Lipinski definition) is 3. The maximum Gasteiger partial charge on any atom is 0.430 e. The summed E-state index contributed by atoms with van der Waals surface area (Å²) >= 11 is 0. The molecule has 0 spiro atoms. The van der Waals surface area contributed by atoms with Crippen LogP contribution in [0, 0.1) is 20.8 Å². The maximum atomic E-state index is 10.5. The Hall–Kier alpha value is -3.35. The number of aromatic amines is 1. The van der Waals surface area contributed by atoms with Crippen molar-refractivity contribution in [1.29, 1.82) is 0 Å². The van der Waals surface area contributed by atoms with E-state index in [-0.39, 0.29) is 0 Å². The molecule has 0 atom stereocenters. The van der Waals surface area contributed by atoms with E-state index in [4.69, 9.17) is 14.3 Å². The number of carbonyl (C=O) groups is 1. The summed E-state index contributed by atoms with van der Waals surface area (Å²) in [5.74, 6) is -2.08. The first kappa shape index (κ1) is 20.4. The minimum Gasteiger partial charge on any atom is -0.542 e. The number of rotatable bonds is 1. The van der Waals surface area contributed by atoms with Gasteiger partial charge in [-0.1, -0.05) is 23.8 Å². The van der Waals surface area contributed by atoms with Crippen LogP contribution in [0.2, 0.25) is 0 Å². The number of fused-ring (bicyclic) bond motifs is 2. The molecule has 0 saturated carbocycles. The summed E-state index contributed by atoms with van der Waals surface area (Å²) in [5.41, 5.74) is 6.79. The number of halogens is 3. The van der Waals surface area contributed by atoms with Gasteiger partial charge in [0, 0.05) is 28.5 Å². The van der Waals surface area contributed by atoms with E-state index >= 15 is 0 Å². The van der Waals surface area contributed by atoms with Gasteiger partial charge in [-0.3, -0.25) is 0 Å². The van der Waals surface area contributed by atoms with E-state index in [0.29, 0.717) is 0 Å². The molecule has 4 nitrogen and oxygen atoms in total. The van der Waals surface area contributed by atoms with Gasteiger partial charge in [-0.15, -0.1) is 0 Å². The van der Waals surface area contributed by atoms with E-state index in [1.54, 1.807) is 0 Å². The number of hydrogen-bond donors (Lipinski definition) is 0. The number of pyridine rings is 1. The highest BCUT2D eigenvalue weighted by atomic mass is 19.4. The van der Waals surface area contributed by atoms with Crippen LogP contribution in [0.15, 0.2) is 52.9 Å². The second-order valence-corrected chi connectivity index (χ2v) is 6.75. The molecular formula is C22H18F3NO3. The molecule has 0 amide bonds. The number of aromatic nitrogens is 1. The van der Waals surface area contributed by atoms with E-state index in [0.717, 1.165) is 22.6 Å². The number of aliphatic carboxylic acids is 1. The summed E-state index contributed by atoms with van der Waals surface area (Å²) in [5, 5.41) is 11.2. The molecule has 2 aromatic heterocycles. The molecule has 0 saturated heterocycles. The average molecular weight is 401 g/mol. The van der Waals surface area contributed by atoms with Crippen LogP contribution in [-0.2, 0) is 4.79 Å². The largest absolute Gasteiger partial charge is 0.542 e. The van der Waals surface area contributed by atoms with Crippen molar-refractivity contribution in [2.24, 2.45) is 0 Å². The van der Waals surface area contributed by atoms with Gasteiger partial charge in [0.1, 0.15) is 11.6 Å². The fraction of sp³-hybridized carbons (Fsp3) is 0.182. The van der Waals surface area contributed by atoms with Crippen molar-refractivity contribution in [3.63, 3.8) is 0 Å². The second kappa shape index (κ2) is 7.58. The third kappa shape index (κ3) is 4.23. The van der Waals surface area contributed by atoms with Crippen LogP contribution in [0.4, 0.5) is 13.2 Å². The summed E-state index contributed by atoms with van der Waals surface area (Å²) in [6, 6.07) is 16.9. The van der Waals surface area contributed by atoms with Gasteiger partial charge >= 0.3 is 6.18 Å². The summed E-state index contributed by atoms with van der Waals surface area (Å²) in [7, 11) is 0. The highest BCUT2D eigenvalue weighted by Gasteiger charge is 2.28. The van der Waals surface area contributed by atoms with Crippen LogP contribution in [0.5, 0.6) is 0 Å². The molecule has 0 unspecified atom stereocenters. The Morgan fingerprint density at radius 2 is 1.66 bits per heavy atom. The zero-order valence-corrected chi connectivity index (χ0v) is 16.0. The number of carboxylic acid groups (broad SMARTS) is 1. The number of carbonyl (C=O) groups excluding carboxylic acids is 1. The Morgan fingerprint density at radius 3 is 2.31 bits per heavy atom. The molecule has 0 aliphatic heterocycles. The summed E-state index contributed by atoms with van der Waals surface area (Å²) < 4.78 is 37.7. The summed E-state index contributed by atoms with van der Waals surface area (Å²) in [6.07, 6.45) is -5.19. The van der Waals surface area contributed by atoms with Crippen molar-refractivity contribution in [3.8, 4) is 11.5 Å². The zero-order chi connectivity index (χ0) is 21.3. The van der Waals surface area contributed by atoms with Gasteiger partial charge in [0.2, 0.25) is 17.0 Å². The van der Waals surface area contributed by atoms with Gasteiger partial charge in [-0.05, 0) is 44.5 Å². The third-order valence-electron chi connectivity index (χ3n) is 4.55. The smallest absolute Gasteiger partial charge is 0.430 e. The Balaban J connectivity index is 0.000000298. The topological polar surface area (TPSA) is 67.4 Å². The van der Waals surface area contributed by atoms with Gasteiger partial charge < -0.3 is 14.3 Å². The normalized spacial score (nSPS) is 11.4. The number of nitrogens with one attached hydrogen (secondary N) is 1.